The zero-order chi connectivity index (χ0) is 22.4. The molecule has 2 amide bonds. The standard InChI is InChI=1S/C25H30N4O3/c1-15-3-5-17(6-4-15)16(2)24(31)28-11-9-19(13-28)22-26-21-14-29(25(32)18-7-8-18)12-10-20(21)23(30)27-22/h3-6,16,18-19H,7-14H2,1-2H3,(H,26,27,30)/t16-,19+/m1/s1. The molecule has 1 saturated heterocycles. The SMILES string of the molecule is Cc1ccc([C@@H](C)C(=O)N2CC[C@H](c3nc4c(c(=O)[nH]3)CCN(C(=O)C3CC3)C4)C2)cc1. The number of carbonyl (C=O) groups excluding carboxylic acids is 2. The van der Waals surface area contributed by atoms with E-state index in [1.54, 1.807) is 0 Å². The molecule has 32 heavy (non-hydrogen) atoms. The molecular formula is C25H30N4O3. The minimum atomic E-state index is -0.202. The van der Waals surface area contributed by atoms with Crippen LogP contribution in [-0.4, -0.2) is 51.2 Å². The fraction of sp³-hybridized carbons (Fsp3) is 0.520. The largest absolute Gasteiger partial charge is 0.341 e. The second-order valence-electron chi connectivity index (χ2n) is 9.56. The van der Waals surface area contributed by atoms with Crippen LogP contribution in [0.1, 0.15) is 66.2 Å². The number of hydrogen-bond acceptors (Lipinski definition) is 4. The van der Waals surface area contributed by atoms with Crippen LogP contribution in [0.4, 0.5) is 0 Å². The Hall–Kier alpha value is -2.96. The third kappa shape index (κ3) is 3.96. The van der Waals surface area contributed by atoms with Crippen molar-refractivity contribution in [1.29, 1.82) is 0 Å². The van der Waals surface area contributed by atoms with Crippen molar-refractivity contribution in [3.05, 3.63) is 62.8 Å². The van der Waals surface area contributed by atoms with Gasteiger partial charge in [-0.05, 0) is 45.1 Å². The van der Waals surface area contributed by atoms with Gasteiger partial charge in [-0.15, -0.1) is 0 Å². The van der Waals surface area contributed by atoms with Crippen molar-refractivity contribution in [2.75, 3.05) is 19.6 Å². The number of aromatic amines is 1. The summed E-state index contributed by atoms with van der Waals surface area (Å²) >= 11 is 0. The predicted octanol–water partition coefficient (Wildman–Crippen LogP) is 2.49. The van der Waals surface area contributed by atoms with Crippen LogP contribution in [0.25, 0.3) is 0 Å². The van der Waals surface area contributed by atoms with E-state index in [0.29, 0.717) is 44.0 Å². The van der Waals surface area contributed by atoms with E-state index in [9.17, 15) is 14.4 Å². The Labute approximate surface area is 187 Å². The number of rotatable bonds is 4. The molecule has 2 atom stereocenters. The van der Waals surface area contributed by atoms with Crippen LogP contribution >= 0.6 is 0 Å². The third-order valence-electron chi connectivity index (χ3n) is 7.16. The number of fused-ring (bicyclic) bond motifs is 1. The van der Waals surface area contributed by atoms with Gasteiger partial charge >= 0.3 is 0 Å². The van der Waals surface area contributed by atoms with E-state index in [-0.39, 0.29) is 35.1 Å². The highest BCUT2D eigenvalue weighted by molar-refractivity contribution is 5.83. The van der Waals surface area contributed by atoms with Crippen molar-refractivity contribution in [2.24, 2.45) is 5.92 Å². The van der Waals surface area contributed by atoms with Gasteiger partial charge in [-0.2, -0.15) is 0 Å². The molecule has 0 radical (unpaired) electrons. The van der Waals surface area contributed by atoms with Gasteiger partial charge < -0.3 is 14.8 Å². The highest BCUT2D eigenvalue weighted by atomic mass is 16.2. The Kier molecular flexibility index (Phi) is 5.35. The normalized spacial score (nSPS) is 21.4. The Balaban J connectivity index is 1.30. The average molecular weight is 435 g/mol. The molecule has 7 heteroatoms. The first kappa shape index (κ1) is 20.9. The van der Waals surface area contributed by atoms with Crippen LogP contribution in [0.2, 0.25) is 0 Å². The first-order chi connectivity index (χ1) is 15.4. The second kappa shape index (κ2) is 8.19. The molecular weight excluding hydrogens is 404 g/mol. The summed E-state index contributed by atoms with van der Waals surface area (Å²) in [6, 6.07) is 8.10. The van der Waals surface area contributed by atoms with Crippen LogP contribution in [0, 0.1) is 12.8 Å². The van der Waals surface area contributed by atoms with Gasteiger partial charge in [0.2, 0.25) is 11.8 Å². The minimum Gasteiger partial charge on any atom is -0.341 e. The summed E-state index contributed by atoms with van der Waals surface area (Å²) in [5.41, 5.74) is 3.52. The molecule has 3 aliphatic rings. The number of benzene rings is 1. The van der Waals surface area contributed by atoms with Crippen molar-refractivity contribution in [2.45, 2.75) is 57.9 Å². The fourth-order valence-corrected chi connectivity index (χ4v) is 4.88. The number of likely N-dealkylation sites (tertiary alicyclic amines) is 1. The van der Waals surface area contributed by atoms with Gasteiger partial charge in [-0.25, -0.2) is 4.98 Å². The number of aromatic nitrogens is 2. The van der Waals surface area contributed by atoms with E-state index in [1.807, 2.05) is 47.9 Å². The van der Waals surface area contributed by atoms with E-state index in [1.165, 1.54) is 5.56 Å². The third-order valence-corrected chi connectivity index (χ3v) is 7.16. The van der Waals surface area contributed by atoms with Crippen LogP contribution < -0.4 is 5.56 Å². The van der Waals surface area contributed by atoms with E-state index in [0.717, 1.165) is 30.5 Å². The summed E-state index contributed by atoms with van der Waals surface area (Å²) in [7, 11) is 0. The Morgan fingerprint density at radius 3 is 2.56 bits per heavy atom. The van der Waals surface area contributed by atoms with Crippen LogP contribution in [0.3, 0.4) is 0 Å². The minimum absolute atomic E-state index is 0.0108. The molecule has 1 N–H and O–H groups in total. The zero-order valence-electron chi connectivity index (χ0n) is 18.8. The summed E-state index contributed by atoms with van der Waals surface area (Å²) in [5, 5.41) is 0. The topological polar surface area (TPSA) is 86.4 Å². The molecule has 1 aromatic heterocycles. The Morgan fingerprint density at radius 2 is 1.84 bits per heavy atom. The van der Waals surface area contributed by atoms with Gasteiger partial charge in [0.15, 0.2) is 0 Å². The van der Waals surface area contributed by atoms with Crippen molar-refractivity contribution >= 4 is 11.8 Å². The fourth-order valence-electron chi connectivity index (χ4n) is 4.88. The van der Waals surface area contributed by atoms with E-state index < -0.39 is 0 Å². The molecule has 2 aromatic rings. The number of nitrogens with one attached hydrogen (secondary N) is 1. The molecule has 1 aliphatic carbocycles. The lowest BCUT2D eigenvalue weighted by molar-refractivity contribution is -0.133. The molecule has 0 unspecified atom stereocenters. The lowest BCUT2D eigenvalue weighted by Crippen LogP contribution is -2.40. The van der Waals surface area contributed by atoms with Gasteiger partial charge in [-0.3, -0.25) is 14.4 Å². The van der Waals surface area contributed by atoms with Gasteiger partial charge in [-0.1, -0.05) is 29.8 Å². The zero-order valence-corrected chi connectivity index (χ0v) is 18.8. The number of amides is 2. The summed E-state index contributed by atoms with van der Waals surface area (Å²) in [6.45, 7) is 6.21. The van der Waals surface area contributed by atoms with Gasteiger partial charge in [0.25, 0.3) is 5.56 Å². The maximum atomic E-state index is 13.1. The van der Waals surface area contributed by atoms with E-state index in [2.05, 4.69) is 4.98 Å². The van der Waals surface area contributed by atoms with Crippen LogP contribution in [0.15, 0.2) is 29.1 Å². The summed E-state index contributed by atoms with van der Waals surface area (Å²) in [6.07, 6.45) is 3.28. The molecule has 7 nitrogen and oxygen atoms in total. The molecule has 1 saturated carbocycles. The maximum absolute atomic E-state index is 13.1. The quantitative estimate of drug-likeness (QED) is 0.801. The average Bonchev–Trinajstić information content (AvgIpc) is 3.53. The molecule has 5 rings (SSSR count). The first-order valence-corrected chi connectivity index (χ1v) is 11.7. The van der Waals surface area contributed by atoms with Crippen molar-refractivity contribution in [3.63, 3.8) is 0 Å². The molecule has 0 bridgehead atoms. The summed E-state index contributed by atoms with van der Waals surface area (Å²) in [5.74, 6) is 0.930. The Bertz CT molecular complexity index is 1100. The molecule has 1 aromatic carbocycles. The molecule has 2 aliphatic heterocycles. The molecule has 168 valence electrons. The number of carbonyl (C=O) groups is 2. The van der Waals surface area contributed by atoms with Crippen LogP contribution in [0.5, 0.6) is 0 Å². The first-order valence-electron chi connectivity index (χ1n) is 11.7. The number of aryl methyl sites for hydroxylation is 1. The molecule has 0 spiro atoms. The maximum Gasteiger partial charge on any atom is 0.254 e. The van der Waals surface area contributed by atoms with Crippen molar-refractivity contribution < 1.29 is 9.59 Å². The summed E-state index contributed by atoms with van der Waals surface area (Å²) < 4.78 is 0. The van der Waals surface area contributed by atoms with Crippen molar-refractivity contribution in [1.82, 2.24) is 19.8 Å². The van der Waals surface area contributed by atoms with Gasteiger partial charge in [0.05, 0.1) is 18.2 Å². The van der Waals surface area contributed by atoms with E-state index in [4.69, 9.17) is 4.98 Å². The highest BCUT2D eigenvalue weighted by Crippen LogP contribution is 2.33. The molecule has 2 fully saturated rings. The highest BCUT2D eigenvalue weighted by Gasteiger charge is 2.36. The monoisotopic (exact) mass is 434 g/mol. The van der Waals surface area contributed by atoms with Crippen molar-refractivity contribution in [3.8, 4) is 0 Å². The predicted molar refractivity (Wildman–Crippen MR) is 120 cm³/mol. The Morgan fingerprint density at radius 1 is 1.09 bits per heavy atom. The van der Waals surface area contributed by atoms with E-state index >= 15 is 0 Å². The summed E-state index contributed by atoms with van der Waals surface area (Å²) in [4.78, 5) is 49.8. The number of H-pyrrole nitrogens is 1. The lowest BCUT2D eigenvalue weighted by Gasteiger charge is -2.28. The number of nitrogens with zero attached hydrogens (tertiary/aromatic N) is 3. The lowest BCUT2D eigenvalue weighted by atomic mass is 9.98. The second-order valence-corrected chi connectivity index (χ2v) is 9.56. The number of hydrogen-bond donors (Lipinski definition) is 1. The van der Waals surface area contributed by atoms with Crippen LogP contribution in [-0.2, 0) is 22.6 Å². The molecule has 3 heterocycles. The van der Waals surface area contributed by atoms with Gasteiger partial charge in [0.1, 0.15) is 5.82 Å². The van der Waals surface area contributed by atoms with Gasteiger partial charge in [0, 0.05) is 37.0 Å². The smallest absolute Gasteiger partial charge is 0.254 e.